The first-order chi connectivity index (χ1) is 15.4. The summed E-state index contributed by atoms with van der Waals surface area (Å²) in [7, 11) is 0. The van der Waals surface area contributed by atoms with Crippen LogP contribution in [0.5, 0.6) is 0 Å². The van der Waals surface area contributed by atoms with Crippen LogP contribution in [-0.4, -0.2) is 39.3 Å². The molecule has 0 atom stereocenters. The zero-order valence-electron chi connectivity index (χ0n) is 17.1. The summed E-state index contributed by atoms with van der Waals surface area (Å²) in [5.74, 6) is -0.126. The molecule has 0 fully saturated rings. The predicted molar refractivity (Wildman–Crippen MR) is 117 cm³/mol. The Hall–Kier alpha value is -3.05. The van der Waals surface area contributed by atoms with Gasteiger partial charge in [-0.3, -0.25) is 13.9 Å². The Morgan fingerprint density at radius 1 is 1.12 bits per heavy atom. The number of H-pyrrole nitrogens is 1. The number of hydrogen-bond donors (Lipinski definition) is 1. The van der Waals surface area contributed by atoms with Gasteiger partial charge in [-0.25, -0.2) is 9.18 Å². The van der Waals surface area contributed by atoms with Crippen LogP contribution in [-0.2, 0) is 26.1 Å². The molecule has 32 heavy (non-hydrogen) atoms. The van der Waals surface area contributed by atoms with E-state index in [2.05, 4.69) is 25.4 Å². The number of nitrogens with one attached hydrogen (secondary N) is 1. The number of tetrazole rings is 1. The summed E-state index contributed by atoms with van der Waals surface area (Å²) in [4.78, 5) is 33.7. The molecule has 0 saturated carbocycles. The van der Waals surface area contributed by atoms with Gasteiger partial charge in [-0.1, -0.05) is 24.6 Å². The fourth-order valence-electron chi connectivity index (χ4n) is 3.43. The first-order valence-corrected chi connectivity index (χ1v) is 10.7. The van der Waals surface area contributed by atoms with Gasteiger partial charge in [0.25, 0.3) is 5.56 Å². The highest BCUT2D eigenvalue weighted by molar-refractivity contribution is 6.31. The van der Waals surface area contributed by atoms with Gasteiger partial charge in [-0.2, -0.15) is 9.78 Å². The van der Waals surface area contributed by atoms with Crippen molar-refractivity contribution >= 4 is 34.4 Å². The second-order valence-corrected chi connectivity index (χ2v) is 7.91. The maximum Gasteiger partial charge on any atom is 0.332 e. The highest BCUT2D eigenvalue weighted by Gasteiger charge is 2.17. The van der Waals surface area contributed by atoms with Gasteiger partial charge in [0.15, 0.2) is 17.0 Å². The minimum absolute atomic E-state index is 0.0494. The standard InChI is InChI=1S/C19H19Cl2FN8O2/c1-2-7-28-16-15(23-18(21)24-16)17(31)29(19(28)32)8-4-9-30-26-14(25-27-30)10-11-12(20)5-3-6-13(11)22/h3,5-6H,2,4,7-10H2,1H3,(H,23,24). The summed E-state index contributed by atoms with van der Waals surface area (Å²) >= 11 is 12.0. The van der Waals surface area contributed by atoms with Crippen molar-refractivity contribution in [3.05, 3.63) is 66.5 Å². The van der Waals surface area contributed by atoms with Crippen LogP contribution in [0.3, 0.4) is 0 Å². The van der Waals surface area contributed by atoms with Crippen molar-refractivity contribution in [3.8, 4) is 0 Å². The fraction of sp³-hybridized carbons (Fsp3) is 0.368. The lowest BCUT2D eigenvalue weighted by Crippen LogP contribution is -2.40. The van der Waals surface area contributed by atoms with E-state index in [1.165, 1.54) is 21.5 Å². The molecule has 0 saturated heterocycles. The van der Waals surface area contributed by atoms with E-state index in [1.54, 1.807) is 6.07 Å². The quantitative estimate of drug-likeness (QED) is 0.387. The molecule has 1 N–H and O–H groups in total. The lowest BCUT2D eigenvalue weighted by atomic mass is 10.1. The smallest absolute Gasteiger partial charge is 0.323 e. The second kappa shape index (κ2) is 9.21. The Bertz CT molecular complexity index is 1370. The summed E-state index contributed by atoms with van der Waals surface area (Å²) in [6.07, 6.45) is 1.18. The van der Waals surface area contributed by atoms with Crippen LogP contribution in [0.1, 0.15) is 31.2 Å². The van der Waals surface area contributed by atoms with Gasteiger partial charge in [0, 0.05) is 30.1 Å². The Balaban J connectivity index is 1.50. The van der Waals surface area contributed by atoms with Crippen molar-refractivity contribution in [2.24, 2.45) is 0 Å². The fourth-order valence-corrected chi connectivity index (χ4v) is 3.84. The summed E-state index contributed by atoms with van der Waals surface area (Å²) in [6.45, 7) is 2.78. The molecule has 0 amide bonds. The number of aryl methyl sites for hydroxylation is 2. The van der Waals surface area contributed by atoms with E-state index >= 15 is 0 Å². The van der Waals surface area contributed by atoms with Gasteiger partial charge in [-0.05, 0) is 41.8 Å². The maximum absolute atomic E-state index is 14.0. The molecule has 0 aliphatic carbocycles. The molecule has 0 aliphatic rings. The lowest BCUT2D eigenvalue weighted by Gasteiger charge is -2.10. The van der Waals surface area contributed by atoms with Gasteiger partial charge >= 0.3 is 5.69 Å². The Morgan fingerprint density at radius 2 is 1.94 bits per heavy atom. The van der Waals surface area contributed by atoms with Crippen LogP contribution in [0, 0.1) is 5.82 Å². The molecule has 0 radical (unpaired) electrons. The topological polar surface area (TPSA) is 116 Å². The van der Waals surface area contributed by atoms with E-state index in [4.69, 9.17) is 23.2 Å². The van der Waals surface area contributed by atoms with E-state index < -0.39 is 17.1 Å². The summed E-state index contributed by atoms with van der Waals surface area (Å²) in [5, 5.41) is 12.5. The number of imidazole rings is 1. The second-order valence-electron chi connectivity index (χ2n) is 7.15. The maximum atomic E-state index is 14.0. The van der Waals surface area contributed by atoms with Crippen LogP contribution in [0.25, 0.3) is 11.2 Å². The highest BCUT2D eigenvalue weighted by Crippen LogP contribution is 2.20. The number of aromatic nitrogens is 8. The first-order valence-electron chi connectivity index (χ1n) is 9.97. The number of aromatic amines is 1. The molecule has 3 heterocycles. The third-order valence-corrected chi connectivity index (χ3v) is 5.44. The SMILES string of the molecule is CCCn1c(=O)n(CCCn2nnc(Cc3c(F)cccc3Cl)n2)c(=O)c2[nH]c(Cl)nc21. The number of halogens is 3. The molecular formula is C19H19Cl2FN8O2. The zero-order chi connectivity index (χ0) is 22.8. The molecule has 3 aromatic heterocycles. The van der Waals surface area contributed by atoms with E-state index in [1.807, 2.05) is 6.92 Å². The molecule has 13 heteroatoms. The normalized spacial score (nSPS) is 11.5. The summed E-state index contributed by atoms with van der Waals surface area (Å²) < 4.78 is 16.5. The molecule has 168 valence electrons. The van der Waals surface area contributed by atoms with Gasteiger partial charge in [0.2, 0.25) is 5.28 Å². The number of rotatable bonds is 8. The summed E-state index contributed by atoms with van der Waals surface area (Å²) in [6, 6.07) is 4.44. The number of nitrogens with zero attached hydrogens (tertiary/aromatic N) is 7. The molecule has 0 unspecified atom stereocenters. The van der Waals surface area contributed by atoms with Crippen molar-refractivity contribution in [1.82, 2.24) is 39.3 Å². The van der Waals surface area contributed by atoms with Crippen molar-refractivity contribution in [1.29, 1.82) is 0 Å². The first kappa shape index (κ1) is 22.2. The van der Waals surface area contributed by atoms with Crippen molar-refractivity contribution in [2.75, 3.05) is 0 Å². The molecule has 4 aromatic rings. The lowest BCUT2D eigenvalue weighted by molar-refractivity contribution is 0.452. The largest absolute Gasteiger partial charge is 0.332 e. The summed E-state index contributed by atoms with van der Waals surface area (Å²) in [5.41, 5.74) is -0.209. The van der Waals surface area contributed by atoms with Gasteiger partial charge < -0.3 is 4.98 Å². The molecule has 1 aromatic carbocycles. The molecular weight excluding hydrogens is 462 g/mol. The highest BCUT2D eigenvalue weighted by atomic mass is 35.5. The van der Waals surface area contributed by atoms with Crippen LogP contribution >= 0.6 is 23.2 Å². The van der Waals surface area contributed by atoms with Crippen LogP contribution in [0.2, 0.25) is 10.3 Å². The van der Waals surface area contributed by atoms with Crippen LogP contribution in [0.4, 0.5) is 4.39 Å². The molecule has 10 nitrogen and oxygen atoms in total. The van der Waals surface area contributed by atoms with E-state index in [0.29, 0.717) is 42.3 Å². The van der Waals surface area contributed by atoms with Crippen molar-refractivity contribution in [3.63, 3.8) is 0 Å². The molecule has 0 bridgehead atoms. The third kappa shape index (κ3) is 4.30. The minimum Gasteiger partial charge on any atom is -0.323 e. The van der Waals surface area contributed by atoms with Crippen LogP contribution in [0.15, 0.2) is 27.8 Å². The Labute approximate surface area is 190 Å². The van der Waals surface area contributed by atoms with Gasteiger partial charge in [0.05, 0.1) is 6.54 Å². The third-order valence-electron chi connectivity index (χ3n) is 4.91. The Morgan fingerprint density at radius 3 is 2.69 bits per heavy atom. The predicted octanol–water partition coefficient (Wildman–Crippen LogP) is 2.41. The monoisotopic (exact) mass is 480 g/mol. The van der Waals surface area contributed by atoms with Gasteiger partial charge in [0.1, 0.15) is 5.82 Å². The molecule has 0 aliphatic heterocycles. The number of fused-ring (bicyclic) bond motifs is 1. The molecule has 4 rings (SSSR count). The number of benzene rings is 1. The average molecular weight is 481 g/mol. The van der Waals surface area contributed by atoms with E-state index in [-0.39, 0.29) is 29.4 Å². The van der Waals surface area contributed by atoms with Crippen molar-refractivity contribution < 1.29 is 4.39 Å². The van der Waals surface area contributed by atoms with E-state index in [0.717, 1.165) is 4.57 Å². The van der Waals surface area contributed by atoms with Crippen LogP contribution < -0.4 is 11.2 Å². The number of hydrogen-bond acceptors (Lipinski definition) is 6. The molecule has 0 spiro atoms. The average Bonchev–Trinajstić information content (AvgIpc) is 3.37. The Kier molecular flexibility index (Phi) is 6.38. The van der Waals surface area contributed by atoms with E-state index in [9.17, 15) is 14.0 Å². The van der Waals surface area contributed by atoms with Crippen molar-refractivity contribution in [2.45, 2.75) is 45.8 Å². The zero-order valence-corrected chi connectivity index (χ0v) is 18.6. The van der Waals surface area contributed by atoms with Gasteiger partial charge in [-0.15, -0.1) is 10.2 Å². The minimum atomic E-state index is -0.488.